The maximum Gasteiger partial charge on any atom is 0.319 e. The number of halogens is 1. The lowest BCUT2D eigenvalue weighted by Gasteiger charge is -2.19. The zero-order chi connectivity index (χ0) is 21.7. The average Bonchev–Trinajstić information content (AvgIpc) is 2.70. The number of fused-ring (bicyclic) bond motifs is 1. The highest BCUT2D eigenvalue weighted by atomic mass is 32.2. The Balaban J connectivity index is 2.07. The molecule has 1 aromatic heterocycles. The third-order valence-corrected chi connectivity index (χ3v) is 6.28. The third-order valence-electron chi connectivity index (χ3n) is 5.18. The molecular formula is C25H28FNO2S. The second-order valence-electron chi connectivity index (χ2n) is 8.10. The van der Waals surface area contributed by atoms with Gasteiger partial charge in [-0.1, -0.05) is 56.1 Å². The Kier molecular flexibility index (Phi) is 7.14. The van der Waals surface area contributed by atoms with Crippen LogP contribution in [-0.4, -0.2) is 20.8 Å². The van der Waals surface area contributed by atoms with Crippen LogP contribution in [0.4, 0.5) is 4.39 Å². The van der Waals surface area contributed by atoms with Crippen LogP contribution in [0.25, 0.3) is 22.0 Å². The molecule has 0 amide bonds. The summed E-state index contributed by atoms with van der Waals surface area (Å²) in [7, 11) is 0. The van der Waals surface area contributed by atoms with E-state index in [1.165, 1.54) is 48.7 Å². The number of carboxylic acids is 1. The van der Waals surface area contributed by atoms with Gasteiger partial charge in [-0.2, -0.15) is 0 Å². The first-order valence-corrected chi connectivity index (χ1v) is 11.2. The molecule has 3 aromatic rings. The van der Waals surface area contributed by atoms with Crippen molar-refractivity contribution in [3.63, 3.8) is 0 Å². The summed E-state index contributed by atoms with van der Waals surface area (Å²) >= 11 is 1.20. The number of aromatic nitrogens is 1. The van der Waals surface area contributed by atoms with Crippen LogP contribution < -0.4 is 0 Å². The van der Waals surface area contributed by atoms with Gasteiger partial charge in [0.2, 0.25) is 0 Å². The van der Waals surface area contributed by atoms with Gasteiger partial charge in [-0.15, -0.1) is 0 Å². The molecule has 30 heavy (non-hydrogen) atoms. The Hall–Kier alpha value is -2.40. The van der Waals surface area contributed by atoms with Gasteiger partial charge in [0.15, 0.2) is 0 Å². The molecule has 0 saturated carbocycles. The number of unbranched alkanes of at least 4 members (excludes halogenated alkanes) is 3. The number of carboxylic acid groups (broad SMARTS) is 1. The van der Waals surface area contributed by atoms with E-state index < -0.39 is 10.7 Å². The molecule has 158 valence electrons. The molecule has 0 aliphatic rings. The SMILES string of the molecule is CCCCCCc1ccc2nc(SC(C)(C)C(=O)O)cc(-c3cccc(F)c3)c2c1. The zero-order valence-corrected chi connectivity index (χ0v) is 18.6. The highest BCUT2D eigenvalue weighted by Crippen LogP contribution is 2.37. The van der Waals surface area contributed by atoms with Crippen molar-refractivity contribution in [3.05, 3.63) is 59.9 Å². The molecule has 2 aromatic carbocycles. The Bertz CT molecular complexity index is 1050. The van der Waals surface area contributed by atoms with E-state index in [9.17, 15) is 14.3 Å². The predicted octanol–water partition coefficient (Wildman–Crippen LogP) is 7.12. The van der Waals surface area contributed by atoms with Gasteiger partial charge in [0, 0.05) is 5.39 Å². The second kappa shape index (κ2) is 9.61. The number of benzene rings is 2. The highest BCUT2D eigenvalue weighted by Gasteiger charge is 2.29. The van der Waals surface area contributed by atoms with E-state index >= 15 is 0 Å². The van der Waals surface area contributed by atoms with Crippen molar-refractivity contribution in [2.45, 2.75) is 62.6 Å². The van der Waals surface area contributed by atoms with Crippen molar-refractivity contribution in [3.8, 4) is 11.1 Å². The van der Waals surface area contributed by atoms with Gasteiger partial charge >= 0.3 is 5.97 Å². The third kappa shape index (κ3) is 5.39. The predicted molar refractivity (Wildman–Crippen MR) is 123 cm³/mol. The molecule has 1 N–H and O–H groups in total. The number of aliphatic carboxylic acids is 1. The molecule has 3 rings (SSSR count). The van der Waals surface area contributed by atoms with E-state index in [2.05, 4.69) is 19.1 Å². The number of rotatable bonds is 9. The van der Waals surface area contributed by atoms with Crippen LogP contribution >= 0.6 is 11.8 Å². The first-order chi connectivity index (χ1) is 14.3. The number of hydrogen-bond acceptors (Lipinski definition) is 3. The Morgan fingerprint density at radius 1 is 1.10 bits per heavy atom. The van der Waals surface area contributed by atoms with Gasteiger partial charge in [-0.3, -0.25) is 4.79 Å². The smallest absolute Gasteiger partial charge is 0.319 e. The first-order valence-electron chi connectivity index (χ1n) is 10.4. The van der Waals surface area contributed by atoms with Crippen molar-refractivity contribution in [1.29, 1.82) is 0 Å². The maximum atomic E-state index is 14.0. The molecule has 0 unspecified atom stereocenters. The van der Waals surface area contributed by atoms with E-state index in [1.807, 2.05) is 18.2 Å². The van der Waals surface area contributed by atoms with Crippen molar-refractivity contribution < 1.29 is 14.3 Å². The van der Waals surface area contributed by atoms with Crippen LogP contribution in [0.1, 0.15) is 52.0 Å². The summed E-state index contributed by atoms with van der Waals surface area (Å²) in [6, 6.07) is 14.6. The first kappa shape index (κ1) is 22.3. The fraction of sp³-hybridized carbons (Fsp3) is 0.360. The Morgan fingerprint density at radius 3 is 2.60 bits per heavy atom. The Morgan fingerprint density at radius 2 is 1.90 bits per heavy atom. The van der Waals surface area contributed by atoms with Crippen molar-refractivity contribution >= 4 is 28.6 Å². The zero-order valence-electron chi connectivity index (χ0n) is 17.7. The molecule has 0 atom stereocenters. The summed E-state index contributed by atoms with van der Waals surface area (Å²) in [5.41, 5.74) is 3.67. The summed E-state index contributed by atoms with van der Waals surface area (Å²) in [4.78, 5) is 16.3. The number of hydrogen-bond donors (Lipinski definition) is 1. The van der Waals surface area contributed by atoms with E-state index in [-0.39, 0.29) is 5.82 Å². The topological polar surface area (TPSA) is 50.2 Å². The quantitative estimate of drug-likeness (QED) is 0.293. The summed E-state index contributed by atoms with van der Waals surface area (Å²) in [5, 5.41) is 11.1. The molecule has 0 saturated heterocycles. The Labute approximate surface area is 181 Å². The van der Waals surface area contributed by atoms with E-state index in [0.29, 0.717) is 5.03 Å². The molecule has 0 fully saturated rings. The number of thioether (sulfide) groups is 1. The second-order valence-corrected chi connectivity index (χ2v) is 9.74. The summed E-state index contributed by atoms with van der Waals surface area (Å²) in [5.74, 6) is -1.20. The molecule has 3 nitrogen and oxygen atoms in total. The highest BCUT2D eigenvalue weighted by molar-refractivity contribution is 8.01. The largest absolute Gasteiger partial charge is 0.480 e. The van der Waals surface area contributed by atoms with Crippen LogP contribution in [0.3, 0.4) is 0 Å². The standard InChI is InChI=1S/C25H28FNO2S/c1-4-5-6-7-9-17-12-13-22-21(14-17)20(18-10-8-11-19(26)15-18)16-23(27-22)30-25(2,3)24(28)29/h8,10-16H,4-7,9H2,1-3H3,(H,28,29). The molecule has 0 aliphatic heterocycles. The average molecular weight is 426 g/mol. The maximum absolute atomic E-state index is 14.0. The molecular weight excluding hydrogens is 397 g/mol. The fourth-order valence-corrected chi connectivity index (χ4v) is 4.34. The van der Waals surface area contributed by atoms with E-state index in [1.54, 1.807) is 19.9 Å². The lowest BCUT2D eigenvalue weighted by molar-refractivity contribution is -0.138. The monoisotopic (exact) mass is 425 g/mol. The van der Waals surface area contributed by atoms with Gasteiger partial charge in [0.25, 0.3) is 0 Å². The van der Waals surface area contributed by atoms with Crippen molar-refractivity contribution in [1.82, 2.24) is 4.98 Å². The van der Waals surface area contributed by atoms with Crippen LogP contribution in [0.2, 0.25) is 0 Å². The van der Waals surface area contributed by atoms with E-state index in [4.69, 9.17) is 4.98 Å². The lowest BCUT2D eigenvalue weighted by Crippen LogP contribution is -2.27. The van der Waals surface area contributed by atoms with Crippen LogP contribution in [0, 0.1) is 5.82 Å². The normalized spacial score (nSPS) is 11.7. The van der Waals surface area contributed by atoms with Gasteiger partial charge in [-0.05, 0) is 73.7 Å². The van der Waals surface area contributed by atoms with E-state index in [0.717, 1.165) is 34.9 Å². The van der Waals surface area contributed by atoms with Crippen molar-refractivity contribution in [2.24, 2.45) is 0 Å². The van der Waals surface area contributed by atoms with Crippen molar-refractivity contribution in [2.75, 3.05) is 0 Å². The lowest BCUT2D eigenvalue weighted by atomic mass is 9.98. The van der Waals surface area contributed by atoms with Crippen LogP contribution in [-0.2, 0) is 11.2 Å². The number of nitrogens with zero attached hydrogens (tertiary/aromatic N) is 1. The van der Waals surface area contributed by atoms with Gasteiger partial charge in [-0.25, -0.2) is 9.37 Å². The van der Waals surface area contributed by atoms with Gasteiger partial charge in [0.05, 0.1) is 10.5 Å². The summed E-state index contributed by atoms with van der Waals surface area (Å²) in [6.07, 6.45) is 5.80. The number of aryl methyl sites for hydroxylation is 1. The summed E-state index contributed by atoms with van der Waals surface area (Å²) < 4.78 is 12.9. The minimum Gasteiger partial charge on any atom is -0.480 e. The minimum atomic E-state index is -1.01. The minimum absolute atomic E-state index is 0.298. The molecule has 0 bridgehead atoms. The molecule has 1 heterocycles. The van der Waals surface area contributed by atoms with Crippen LogP contribution in [0.15, 0.2) is 53.6 Å². The molecule has 5 heteroatoms. The van der Waals surface area contributed by atoms with Crippen LogP contribution in [0.5, 0.6) is 0 Å². The van der Waals surface area contributed by atoms with Gasteiger partial charge in [0.1, 0.15) is 10.6 Å². The number of carbonyl (C=O) groups is 1. The number of pyridine rings is 1. The molecule has 0 spiro atoms. The summed E-state index contributed by atoms with van der Waals surface area (Å²) in [6.45, 7) is 5.52. The molecule has 0 radical (unpaired) electrons. The van der Waals surface area contributed by atoms with Gasteiger partial charge < -0.3 is 5.11 Å². The fourth-order valence-electron chi connectivity index (χ4n) is 3.41. The molecule has 0 aliphatic carbocycles.